The summed E-state index contributed by atoms with van der Waals surface area (Å²) in [6, 6.07) is 22.3. The summed E-state index contributed by atoms with van der Waals surface area (Å²) in [6.07, 6.45) is 4.33. The van der Waals surface area contributed by atoms with Gasteiger partial charge < -0.3 is 10.5 Å². The second-order valence-corrected chi connectivity index (χ2v) is 9.13. The minimum Gasteiger partial charge on any atom is -0.438 e. The van der Waals surface area contributed by atoms with Crippen molar-refractivity contribution in [1.82, 2.24) is 24.8 Å². The fraction of sp³-hybridized carbons (Fsp3) is 0.214. The molecule has 1 aliphatic carbocycles. The summed E-state index contributed by atoms with van der Waals surface area (Å²) in [6.45, 7) is 2.09. The maximum Gasteiger partial charge on any atom is 0.405 e. The molecule has 0 atom stereocenters. The molecule has 3 aromatic heterocycles. The van der Waals surface area contributed by atoms with E-state index in [4.69, 9.17) is 20.6 Å². The van der Waals surface area contributed by atoms with Gasteiger partial charge in [0.25, 0.3) is 0 Å². The average Bonchev–Trinajstić information content (AvgIpc) is 3.54. The zero-order valence-electron chi connectivity index (χ0n) is 19.9. The lowest BCUT2D eigenvalue weighted by Crippen LogP contribution is -2.40. The minimum absolute atomic E-state index is 0.628. The Morgan fingerprint density at radius 2 is 1.86 bits per heavy atom. The number of hydrogen-bond donors (Lipinski definition) is 2. The Morgan fingerprint density at radius 1 is 1.08 bits per heavy atom. The van der Waals surface area contributed by atoms with Gasteiger partial charge in [-0.15, -0.1) is 0 Å². The highest BCUT2D eigenvalue weighted by molar-refractivity contribution is 5.86. The number of hydrogen-bond acceptors (Lipinski definition) is 5. The number of aromatic amines is 1. The Bertz CT molecular complexity index is 1540. The number of nitrogens with two attached hydrogens (primary N) is 1. The standard InChI is InChI=1S/C28H26N6O2/c1-2-21-17-22(23-13-16-30-32-23)26-31-24(25(34(26)33-21)19-7-4-3-5-8-19)18-9-11-20(12-10-18)28(14-6-15-28)36-27(29)35/h3-5,7-13,16-17H,2,6,14-15H2,1H3,(H2,29,35)(H,30,32). The van der Waals surface area contributed by atoms with Crippen LogP contribution >= 0.6 is 0 Å². The number of carbonyl (C=O) groups excluding carboxylic acids is 1. The molecule has 180 valence electrons. The van der Waals surface area contributed by atoms with Crippen LogP contribution in [0.5, 0.6) is 0 Å². The highest BCUT2D eigenvalue weighted by Crippen LogP contribution is 2.45. The molecular formula is C28H26N6O2. The summed E-state index contributed by atoms with van der Waals surface area (Å²) in [7, 11) is 0. The van der Waals surface area contributed by atoms with Gasteiger partial charge in [-0.25, -0.2) is 14.3 Å². The maximum atomic E-state index is 11.5. The second kappa shape index (κ2) is 8.64. The van der Waals surface area contributed by atoms with Crippen molar-refractivity contribution in [2.45, 2.75) is 38.2 Å². The van der Waals surface area contributed by atoms with E-state index >= 15 is 0 Å². The van der Waals surface area contributed by atoms with Crippen molar-refractivity contribution < 1.29 is 9.53 Å². The van der Waals surface area contributed by atoms with Crippen LogP contribution in [0.3, 0.4) is 0 Å². The van der Waals surface area contributed by atoms with Gasteiger partial charge in [0.1, 0.15) is 11.3 Å². The van der Waals surface area contributed by atoms with Crippen LogP contribution in [0, 0.1) is 0 Å². The minimum atomic E-state index is -0.741. The van der Waals surface area contributed by atoms with Crippen molar-refractivity contribution in [3.8, 4) is 33.8 Å². The summed E-state index contributed by atoms with van der Waals surface area (Å²) in [5.74, 6) is 0. The molecule has 2 aromatic carbocycles. The second-order valence-electron chi connectivity index (χ2n) is 9.13. The summed E-state index contributed by atoms with van der Waals surface area (Å²) >= 11 is 0. The predicted molar refractivity (Wildman–Crippen MR) is 137 cm³/mol. The number of nitrogens with one attached hydrogen (secondary N) is 1. The molecule has 0 bridgehead atoms. The Morgan fingerprint density at radius 3 is 2.47 bits per heavy atom. The molecule has 6 rings (SSSR count). The molecule has 0 unspecified atom stereocenters. The molecule has 36 heavy (non-hydrogen) atoms. The smallest absolute Gasteiger partial charge is 0.405 e. The first-order valence-electron chi connectivity index (χ1n) is 12.2. The van der Waals surface area contributed by atoms with Gasteiger partial charge in [0.05, 0.1) is 17.1 Å². The van der Waals surface area contributed by atoms with Gasteiger partial charge in [-0.3, -0.25) is 5.10 Å². The number of aromatic nitrogens is 5. The number of ether oxygens (including phenoxy) is 1. The molecule has 1 saturated carbocycles. The number of rotatable bonds is 6. The lowest BCUT2D eigenvalue weighted by atomic mass is 9.74. The van der Waals surface area contributed by atoms with Crippen molar-refractivity contribution in [3.63, 3.8) is 0 Å². The molecule has 0 spiro atoms. The normalized spacial score (nSPS) is 14.5. The van der Waals surface area contributed by atoms with E-state index in [1.165, 1.54) is 0 Å². The van der Waals surface area contributed by atoms with E-state index in [1.54, 1.807) is 6.20 Å². The highest BCUT2D eigenvalue weighted by atomic mass is 16.6. The Balaban J connectivity index is 1.55. The van der Waals surface area contributed by atoms with Crippen LogP contribution in [0.4, 0.5) is 4.79 Å². The number of H-pyrrole nitrogens is 1. The number of benzene rings is 2. The molecule has 1 fully saturated rings. The first-order valence-corrected chi connectivity index (χ1v) is 12.2. The number of carbonyl (C=O) groups is 1. The predicted octanol–water partition coefficient (Wildman–Crippen LogP) is 5.49. The molecule has 3 heterocycles. The van der Waals surface area contributed by atoms with Gasteiger partial charge in [0, 0.05) is 22.9 Å². The molecule has 3 N–H and O–H groups in total. The van der Waals surface area contributed by atoms with Gasteiger partial charge in [-0.05, 0) is 43.4 Å². The van der Waals surface area contributed by atoms with Crippen molar-refractivity contribution in [3.05, 3.63) is 84.2 Å². The molecular weight excluding hydrogens is 452 g/mol. The molecule has 1 aliphatic rings. The zero-order valence-corrected chi connectivity index (χ0v) is 19.9. The fourth-order valence-electron chi connectivity index (χ4n) is 4.98. The summed E-state index contributed by atoms with van der Waals surface area (Å²) in [5.41, 5.74) is 12.9. The van der Waals surface area contributed by atoms with E-state index < -0.39 is 11.7 Å². The van der Waals surface area contributed by atoms with E-state index in [1.807, 2.05) is 53.0 Å². The molecule has 8 heteroatoms. The topological polar surface area (TPSA) is 111 Å². The number of amides is 1. The van der Waals surface area contributed by atoms with Crippen molar-refractivity contribution >= 4 is 11.7 Å². The van der Waals surface area contributed by atoms with Crippen LogP contribution in [-0.2, 0) is 16.8 Å². The van der Waals surface area contributed by atoms with Crippen molar-refractivity contribution in [2.75, 3.05) is 0 Å². The maximum absolute atomic E-state index is 11.5. The fourth-order valence-corrected chi connectivity index (χ4v) is 4.98. The van der Waals surface area contributed by atoms with Crippen molar-refractivity contribution in [2.24, 2.45) is 5.73 Å². The van der Waals surface area contributed by atoms with Gasteiger partial charge in [0.2, 0.25) is 0 Å². The number of nitrogens with zero attached hydrogens (tertiary/aromatic N) is 4. The molecule has 1 amide bonds. The van der Waals surface area contributed by atoms with Gasteiger partial charge in [0.15, 0.2) is 5.65 Å². The van der Waals surface area contributed by atoms with Crippen LogP contribution < -0.4 is 5.73 Å². The van der Waals surface area contributed by atoms with Gasteiger partial charge in [-0.2, -0.15) is 10.2 Å². The highest BCUT2D eigenvalue weighted by Gasteiger charge is 2.42. The van der Waals surface area contributed by atoms with E-state index in [0.717, 1.165) is 76.4 Å². The number of aryl methyl sites for hydroxylation is 1. The summed E-state index contributed by atoms with van der Waals surface area (Å²) in [5, 5.41) is 12.2. The van der Waals surface area contributed by atoms with Crippen LogP contribution in [0.2, 0.25) is 0 Å². The number of imidazole rings is 1. The SMILES string of the molecule is CCc1cc(-c2ccn[nH]2)c2nc(-c3ccc(C4(OC(N)=O)CCC4)cc3)c(-c3ccccc3)n2n1. The Hall–Kier alpha value is -4.46. The molecule has 0 saturated heterocycles. The van der Waals surface area contributed by atoms with E-state index in [2.05, 4.69) is 35.3 Å². The third-order valence-corrected chi connectivity index (χ3v) is 6.98. The van der Waals surface area contributed by atoms with Crippen LogP contribution in [0.1, 0.15) is 37.4 Å². The average molecular weight is 479 g/mol. The van der Waals surface area contributed by atoms with Crippen LogP contribution in [0.25, 0.3) is 39.4 Å². The van der Waals surface area contributed by atoms with Gasteiger partial charge in [-0.1, -0.05) is 61.5 Å². The Labute approximate surface area is 208 Å². The van der Waals surface area contributed by atoms with Crippen molar-refractivity contribution in [1.29, 1.82) is 0 Å². The van der Waals surface area contributed by atoms with E-state index in [0.29, 0.717) is 0 Å². The summed E-state index contributed by atoms with van der Waals surface area (Å²) in [4.78, 5) is 16.6. The molecule has 8 nitrogen and oxygen atoms in total. The summed E-state index contributed by atoms with van der Waals surface area (Å²) < 4.78 is 7.47. The third-order valence-electron chi connectivity index (χ3n) is 6.98. The van der Waals surface area contributed by atoms with Crippen LogP contribution in [-0.4, -0.2) is 30.9 Å². The lowest BCUT2D eigenvalue weighted by Gasteiger charge is -2.40. The molecule has 0 radical (unpaired) electrons. The number of fused-ring (bicyclic) bond motifs is 1. The first kappa shape index (κ1) is 22.0. The zero-order chi connectivity index (χ0) is 24.7. The molecule has 0 aliphatic heterocycles. The first-order chi connectivity index (χ1) is 17.6. The quantitative estimate of drug-likeness (QED) is 0.335. The van der Waals surface area contributed by atoms with Crippen LogP contribution in [0.15, 0.2) is 72.9 Å². The monoisotopic (exact) mass is 478 g/mol. The van der Waals surface area contributed by atoms with Gasteiger partial charge >= 0.3 is 6.09 Å². The number of primary amides is 1. The molecule has 5 aromatic rings. The Kier molecular flexibility index (Phi) is 5.29. The largest absolute Gasteiger partial charge is 0.438 e. The van der Waals surface area contributed by atoms with E-state index in [-0.39, 0.29) is 0 Å². The third kappa shape index (κ3) is 3.62. The lowest BCUT2D eigenvalue weighted by molar-refractivity contribution is -0.0489. The van der Waals surface area contributed by atoms with E-state index in [9.17, 15) is 4.79 Å².